The lowest BCUT2D eigenvalue weighted by Crippen LogP contribution is -2.46. The maximum atomic E-state index is 11.1. The number of phenols is 1. The van der Waals surface area contributed by atoms with Gasteiger partial charge < -0.3 is 20.7 Å². The molecule has 0 saturated heterocycles. The van der Waals surface area contributed by atoms with Crippen LogP contribution in [0.4, 0.5) is 0 Å². The quantitative estimate of drug-likeness (QED) is 0.384. The first-order valence-corrected chi connectivity index (χ1v) is 11.7. The van der Waals surface area contributed by atoms with Crippen LogP contribution in [0.2, 0.25) is 0 Å². The molecule has 0 saturated carbocycles. The van der Waals surface area contributed by atoms with Crippen LogP contribution in [0.25, 0.3) is 0 Å². The Morgan fingerprint density at radius 3 is 2.63 bits per heavy atom. The van der Waals surface area contributed by atoms with E-state index in [-0.39, 0.29) is 29.4 Å². The first-order valence-electron chi connectivity index (χ1n) is 11.7. The van der Waals surface area contributed by atoms with Crippen molar-refractivity contribution >= 4 is 0 Å². The molecule has 4 N–H and O–H groups in total. The Balaban J connectivity index is 1.93. The molecule has 30 heavy (non-hydrogen) atoms. The standard InChI is InChI=1S/C26H41NO3/c1-6-7-8-9-12-25(2,3)18-14-21(28)24-19-13-17(22(29)16-27)10-11-20(19)26(4,5)30-23(24)15-18/h10,14-15,19-20,22,28-29H,6-9,11-13,16,27H2,1-5H3/t19-,20-,22?/m1/s1. The van der Waals surface area contributed by atoms with Crippen molar-refractivity contribution in [3.63, 3.8) is 0 Å². The number of phenolic OH excluding ortho intramolecular Hbond substituents is 1. The fourth-order valence-corrected chi connectivity index (χ4v) is 5.37. The van der Waals surface area contributed by atoms with Crippen LogP contribution in [0.5, 0.6) is 11.5 Å². The molecule has 2 aliphatic rings. The molecule has 1 aliphatic heterocycles. The van der Waals surface area contributed by atoms with E-state index in [1.54, 1.807) is 0 Å². The van der Waals surface area contributed by atoms with Crippen molar-refractivity contribution in [1.82, 2.24) is 0 Å². The summed E-state index contributed by atoms with van der Waals surface area (Å²) in [4.78, 5) is 0. The van der Waals surface area contributed by atoms with Gasteiger partial charge in [0.1, 0.15) is 17.1 Å². The number of benzene rings is 1. The lowest BCUT2D eigenvalue weighted by atomic mass is 9.66. The molecule has 0 bridgehead atoms. The van der Waals surface area contributed by atoms with Gasteiger partial charge in [0.25, 0.3) is 0 Å². The molecule has 3 atom stereocenters. The summed E-state index contributed by atoms with van der Waals surface area (Å²) in [5, 5.41) is 21.4. The zero-order valence-corrected chi connectivity index (χ0v) is 19.5. The first kappa shape index (κ1) is 23.1. The molecule has 0 radical (unpaired) electrons. The Morgan fingerprint density at radius 1 is 1.23 bits per heavy atom. The summed E-state index contributed by atoms with van der Waals surface area (Å²) in [7, 11) is 0. The normalized spacial score (nSPS) is 23.8. The van der Waals surface area contributed by atoms with Gasteiger partial charge in [0.15, 0.2) is 0 Å². The molecule has 4 nitrogen and oxygen atoms in total. The highest BCUT2D eigenvalue weighted by Crippen LogP contribution is 2.55. The molecule has 1 aromatic carbocycles. The molecule has 0 amide bonds. The third-order valence-electron chi connectivity index (χ3n) is 7.42. The van der Waals surface area contributed by atoms with Crippen molar-refractivity contribution in [1.29, 1.82) is 0 Å². The molecule has 4 heteroatoms. The lowest BCUT2D eigenvalue weighted by Gasteiger charge is -2.47. The second-order valence-electron chi connectivity index (χ2n) is 10.5. The van der Waals surface area contributed by atoms with Crippen molar-refractivity contribution in [2.24, 2.45) is 11.7 Å². The van der Waals surface area contributed by atoms with Crippen LogP contribution < -0.4 is 10.5 Å². The maximum absolute atomic E-state index is 11.1. The molecular formula is C26H41NO3. The number of nitrogens with two attached hydrogens (primary N) is 1. The Kier molecular flexibility index (Phi) is 6.88. The van der Waals surface area contributed by atoms with Crippen LogP contribution >= 0.6 is 0 Å². The van der Waals surface area contributed by atoms with Gasteiger partial charge in [0, 0.05) is 23.9 Å². The van der Waals surface area contributed by atoms with Crippen LogP contribution in [0, 0.1) is 5.92 Å². The van der Waals surface area contributed by atoms with Gasteiger partial charge in [0.05, 0.1) is 6.10 Å². The average Bonchev–Trinajstić information content (AvgIpc) is 2.69. The third-order valence-corrected chi connectivity index (χ3v) is 7.42. The van der Waals surface area contributed by atoms with E-state index in [9.17, 15) is 10.2 Å². The number of unbranched alkanes of at least 4 members (excludes halogenated alkanes) is 3. The molecular weight excluding hydrogens is 374 g/mol. The van der Waals surface area contributed by atoms with Crippen molar-refractivity contribution in [2.75, 3.05) is 6.54 Å². The minimum atomic E-state index is -0.608. The molecule has 0 aromatic heterocycles. The van der Waals surface area contributed by atoms with E-state index in [1.807, 2.05) is 6.07 Å². The summed E-state index contributed by atoms with van der Waals surface area (Å²) >= 11 is 0. The monoisotopic (exact) mass is 415 g/mol. The summed E-state index contributed by atoms with van der Waals surface area (Å²) in [5.41, 5.74) is 8.39. The fraction of sp³-hybridized carbons (Fsp3) is 0.692. The SMILES string of the molecule is CCCCCCC(C)(C)c1cc(O)c2c(c1)OC(C)(C)[C@@H]1CC=C(C(O)CN)C[C@@H]21. The van der Waals surface area contributed by atoms with Gasteiger partial charge in [0.2, 0.25) is 0 Å². The summed E-state index contributed by atoms with van der Waals surface area (Å²) < 4.78 is 6.49. The van der Waals surface area contributed by atoms with E-state index in [4.69, 9.17) is 10.5 Å². The van der Waals surface area contributed by atoms with Crippen molar-refractivity contribution in [2.45, 2.75) is 103 Å². The van der Waals surface area contributed by atoms with Crippen molar-refractivity contribution in [3.8, 4) is 11.5 Å². The number of rotatable bonds is 8. The molecule has 0 spiro atoms. The Morgan fingerprint density at radius 2 is 1.97 bits per heavy atom. The van der Waals surface area contributed by atoms with Crippen LogP contribution in [0.1, 0.15) is 96.6 Å². The highest BCUT2D eigenvalue weighted by molar-refractivity contribution is 5.54. The highest BCUT2D eigenvalue weighted by Gasteiger charge is 2.46. The number of hydrogen-bond donors (Lipinski definition) is 3. The van der Waals surface area contributed by atoms with Crippen LogP contribution in [0.15, 0.2) is 23.8 Å². The molecule has 168 valence electrons. The van der Waals surface area contributed by atoms with Crippen molar-refractivity contribution < 1.29 is 14.9 Å². The second-order valence-corrected chi connectivity index (χ2v) is 10.5. The number of fused-ring (bicyclic) bond motifs is 3. The summed E-state index contributed by atoms with van der Waals surface area (Å²) in [5.74, 6) is 1.53. The zero-order valence-electron chi connectivity index (χ0n) is 19.5. The number of allylic oxidation sites excluding steroid dienone is 1. The number of ether oxygens (including phenoxy) is 1. The van der Waals surface area contributed by atoms with E-state index in [2.05, 4.69) is 46.8 Å². The molecule has 1 heterocycles. The van der Waals surface area contributed by atoms with Crippen LogP contribution in [-0.2, 0) is 5.41 Å². The molecule has 0 fully saturated rings. The summed E-state index contributed by atoms with van der Waals surface area (Å²) in [6.45, 7) is 11.3. The van der Waals surface area contributed by atoms with Crippen LogP contribution in [0.3, 0.4) is 0 Å². The Hall–Kier alpha value is -1.52. The molecule has 1 unspecified atom stereocenters. The van der Waals surface area contributed by atoms with E-state index in [1.165, 1.54) is 25.7 Å². The average molecular weight is 416 g/mol. The van der Waals surface area contributed by atoms with Gasteiger partial charge in [-0.1, -0.05) is 52.5 Å². The van der Waals surface area contributed by atoms with Crippen molar-refractivity contribution in [3.05, 3.63) is 34.9 Å². The zero-order chi connectivity index (χ0) is 22.1. The number of aromatic hydroxyl groups is 1. The molecule has 1 aromatic rings. The molecule has 1 aliphatic carbocycles. The highest BCUT2D eigenvalue weighted by atomic mass is 16.5. The van der Waals surface area contributed by atoms with E-state index in [0.717, 1.165) is 41.7 Å². The van der Waals surface area contributed by atoms with E-state index >= 15 is 0 Å². The summed E-state index contributed by atoms with van der Waals surface area (Å²) in [6.07, 6.45) is 9.12. The summed E-state index contributed by atoms with van der Waals surface area (Å²) in [6, 6.07) is 4.11. The third kappa shape index (κ3) is 4.55. The Bertz CT molecular complexity index is 781. The number of aliphatic hydroxyl groups excluding tert-OH is 1. The first-order chi connectivity index (χ1) is 14.1. The van der Waals surface area contributed by atoms with Gasteiger partial charge in [-0.3, -0.25) is 0 Å². The smallest absolute Gasteiger partial charge is 0.127 e. The van der Waals surface area contributed by atoms with Gasteiger partial charge in [-0.2, -0.15) is 0 Å². The minimum Gasteiger partial charge on any atom is -0.508 e. The minimum absolute atomic E-state index is 0.0159. The van der Waals surface area contributed by atoms with Gasteiger partial charge >= 0.3 is 0 Å². The topological polar surface area (TPSA) is 75.7 Å². The van der Waals surface area contributed by atoms with E-state index in [0.29, 0.717) is 5.75 Å². The molecule has 3 rings (SSSR count). The van der Waals surface area contributed by atoms with E-state index < -0.39 is 6.10 Å². The van der Waals surface area contributed by atoms with Crippen LogP contribution in [-0.4, -0.2) is 28.5 Å². The van der Waals surface area contributed by atoms with Gasteiger partial charge in [-0.15, -0.1) is 0 Å². The largest absolute Gasteiger partial charge is 0.508 e. The predicted octanol–water partition coefficient (Wildman–Crippen LogP) is 5.55. The van der Waals surface area contributed by atoms with Gasteiger partial charge in [-0.25, -0.2) is 0 Å². The second kappa shape index (κ2) is 8.92. The lowest BCUT2D eigenvalue weighted by molar-refractivity contribution is 0.00555. The number of hydrogen-bond acceptors (Lipinski definition) is 4. The Labute approximate surface area is 182 Å². The van der Waals surface area contributed by atoms with Gasteiger partial charge in [-0.05, 0) is 61.8 Å². The number of aliphatic hydroxyl groups is 1. The maximum Gasteiger partial charge on any atom is 0.127 e. The predicted molar refractivity (Wildman–Crippen MR) is 123 cm³/mol. The fourth-order valence-electron chi connectivity index (χ4n) is 5.37.